The van der Waals surface area contributed by atoms with Crippen molar-refractivity contribution in [3.8, 4) is 0 Å². The molecule has 4 nitrogen and oxygen atoms in total. The summed E-state index contributed by atoms with van der Waals surface area (Å²) in [5.74, 6) is 0.00916. The minimum atomic E-state index is -0.624. The van der Waals surface area contributed by atoms with Crippen molar-refractivity contribution in [3.05, 3.63) is 35.6 Å². The van der Waals surface area contributed by atoms with Gasteiger partial charge in [-0.25, -0.2) is 4.39 Å². The molecule has 23 heavy (non-hydrogen) atoms. The number of nitrogens with zero attached hydrogens (tertiary/aromatic N) is 2. The monoisotopic (exact) mass is 322 g/mol. The number of β-amino-alcohol motifs (C(OH)–C–C–N with tert-alkyl or cyclic N) is 1. The average molecular weight is 322 g/mol. The Hall–Kier alpha value is -1.46. The first-order valence-electron chi connectivity index (χ1n) is 8.31. The number of hydrogen-bond acceptors (Lipinski definition) is 3. The molecular weight excluding hydrogens is 295 g/mol. The Labute approximate surface area is 137 Å². The minimum Gasteiger partial charge on any atom is -0.387 e. The second kappa shape index (κ2) is 7.88. The number of carbonyl (C=O) groups excluding carboxylic acids is 1. The third kappa shape index (κ3) is 4.75. The summed E-state index contributed by atoms with van der Waals surface area (Å²) >= 11 is 0. The molecule has 0 radical (unpaired) electrons. The van der Waals surface area contributed by atoms with E-state index in [2.05, 4.69) is 4.90 Å². The maximum atomic E-state index is 12.9. The normalized spacial score (nSPS) is 18.2. The number of halogens is 1. The van der Waals surface area contributed by atoms with Crippen LogP contribution in [0, 0.1) is 11.7 Å². The third-order valence-corrected chi connectivity index (χ3v) is 4.74. The van der Waals surface area contributed by atoms with Crippen LogP contribution < -0.4 is 0 Å². The first kappa shape index (κ1) is 17.9. The smallest absolute Gasteiger partial charge is 0.225 e. The van der Waals surface area contributed by atoms with E-state index in [-0.39, 0.29) is 23.7 Å². The SMILES string of the molecule is CC(C)N(C)C(=O)C1CCN(CC(O)c2ccc(F)cc2)CC1. The molecule has 1 aromatic rings. The molecule has 2 rings (SSSR count). The lowest BCUT2D eigenvalue weighted by Gasteiger charge is -2.35. The van der Waals surface area contributed by atoms with Gasteiger partial charge in [0.25, 0.3) is 0 Å². The van der Waals surface area contributed by atoms with E-state index in [1.807, 2.05) is 25.8 Å². The van der Waals surface area contributed by atoms with Gasteiger partial charge in [0.1, 0.15) is 5.82 Å². The van der Waals surface area contributed by atoms with Crippen LogP contribution in [0.4, 0.5) is 4.39 Å². The van der Waals surface area contributed by atoms with Crippen LogP contribution in [0.1, 0.15) is 38.4 Å². The molecule has 0 saturated carbocycles. The zero-order valence-corrected chi connectivity index (χ0v) is 14.2. The van der Waals surface area contributed by atoms with Crippen molar-refractivity contribution in [2.45, 2.75) is 38.8 Å². The molecular formula is C18H27FN2O2. The molecule has 1 fully saturated rings. The third-order valence-electron chi connectivity index (χ3n) is 4.74. The highest BCUT2D eigenvalue weighted by molar-refractivity contribution is 5.78. The topological polar surface area (TPSA) is 43.8 Å². The van der Waals surface area contributed by atoms with E-state index in [1.165, 1.54) is 12.1 Å². The van der Waals surface area contributed by atoms with Gasteiger partial charge in [0.2, 0.25) is 5.91 Å². The van der Waals surface area contributed by atoms with Crippen LogP contribution in [0.15, 0.2) is 24.3 Å². The average Bonchev–Trinajstić information content (AvgIpc) is 2.54. The summed E-state index contributed by atoms with van der Waals surface area (Å²) < 4.78 is 12.9. The zero-order chi connectivity index (χ0) is 17.0. The van der Waals surface area contributed by atoms with Crippen molar-refractivity contribution in [1.29, 1.82) is 0 Å². The van der Waals surface area contributed by atoms with Crippen LogP contribution >= 0.6 is 0 Å². The molecule has 128 valence electrons. The van der Waals surface area contributed by atoms with E-state index < -0.39 is 6.10 Å². The van der Waals surface area contributed by atoms with E-state index in [9.17, 15) is 14.3 Å². The lowest BCUT2D eigenvalue weighted by atomic mass is 9.94. The Morgan fingerprint density at radius 1 is 1.30 bits per heavy atom. The second-order valence-corrected chi connectivity index (χ2v) is 6.69. The van der Waals surface area contributed by atoms with Crippen LogP contribution in [0.3, 0.4) is 0 Å². The predicted octanol–water partition coefficient (Wildman–Crippen LogP) is 2.44. The zero-order valence-electron chi connectivity index (χ0n) is 14.2. The number of hydrogen-bond donors (Lipinski definition) is 1. The predicted molar refractivity (Wildman–Crippen MR) is 88.4 cm³/mol. The molecule has 1 saturated heterocycles. The fourth-order valence-electron chi connectivity index (χ4n) is 2.94. The van der Waals surface area contributed by atoms with Crippen molar-refractivity contribution in [2.24, 2.45) is 5.92 Å². The summed E-state index contributed by atoms with van der Waals surface area (Å²) in [6.45, 7) is 6.17. The van der Waals surface area contributed by atoms with Crippen LogP contribution in [-0.2, 0) is 4.79 Å². The van der Waals surface area contributed by atoms with Crippen LogP contribution in [0.25, 0.3) is 0 Å². The maximum absolute atomic E-state index is 12.9. The largest absolute Gasteiger partial charge is 0.387 e. The van der Waals surface area contributed by atoms with Gasteiger partial charge in [-0.05, 0) is 57.5 Å². The first-order chi connectivity index (χ1) is 10.9. The van der Waals surface area contributed by atoms with E-state index in [1.54, 1.807) is 12.1 Å². The highest BCUT2D eigenvalue weighted by Crippen LogP contribution is 2.22. The van der Waals surface area contributed by atoms with Gasteiger partial charge in [0, 0.05) is 25.6 Å². The number of benzene rings is 1. The summed E-state index contributed by atoms with van der Waals surface area (Å²) in [6, 6.07) is 6.19. The summed E-state index contributed by atoms with van der Waals surface area (Å²) in [4.78, 5) is 16.3. The van der Waals surface area contributed by atoms with Crippen LogP contribution in [-0.4, -0.2) is 53.5 Å². The Kier molecular flexibility index (Phi) is 6.13. The van der Waals surface area contributed by atoms with Gasteiger partial charge in [-0.1, -0.05) is 12.1 Å². The van der Waals surface area contributed by atoms with Gasteiger partial charge >= 0.3 is 0 Å². The number of carbonyl (C=O) groups is 1. The van der Waals surface area contributed by atoms with Crippen molar-refractivity contribution in [1.82, 2.24) is 9.80 Å². The molecule has 1 N–H and O–H groups in total. The Morgan fingerprint density at radius 3 is 2.39 bits per heavy atom. The van der Waals surface area contributed by atoms with E-state index >= 15 is 0 Å². The van der Waals surface area contributed by atoms with Crippen molar-refractivity contribution >= 4 is 5.91 Å². The van der Waals surface area contributed by atoms with Crippen LogP contribution in [0.2, 0.25) is 0 Å². The number of piperidine rings is 1. The fourth-order valence-corrected chi connectivity index (χ4v) is 2.94. The minimum absolute atomic E-state index is 0.0848. The molecule has 0 aliphatic carbocycles. The lowest BCUT2D eigenvalue weighted by molar-refractivity contribution is -0.137. The Balaban J connectivity index is 1.82. The molecule has 1 unspecified atom stereocenters. The van der Waals surface area contributed by atoms with Crippen molar-refractivity contribution in [3.63, 3.8) is 0 Å². The van der Waals surface area contributed by atoms with E-state index in [0.717, 1.165) is 31.5 Å². The molecule has 1 amide bonds. The Bertz CT molecular complexity index is 510. The van der Waals surface area contributed by atoms with Gasteiger partial charge in [0.05, 0.1) is 6.10 Å². The molecule has 0 bridgehead atoms. The summed E-state index contributed by atoms with van der Waals surface area (Å²) in [5, 5.41) is 10.3. The quantitative estimate of drug-likeness (QED) is 0.905. The van der Waals surface area contributed by atoms with E-state index in [4.69, 9.17) is 0 Å². The van der Waals surface area contributed by atoms with Gasteiger partial charge in [0.15, 0.2) is 0 Å². The lowest BCUT2D eigenvalue weighted by Crippen LogP contribution is -2.44. The molecule has 0 spiro atoms. The highest BCUT2D eigenvalue weighted by atomic mass is 19.1. The number of aliphatic hydroxyl groups excluding tert-OH is 1. The maximum Gasteiger partial charge on any atom is 0.225 e. The van der Waals surface area contributed by atoms with Gasteiger partial charge in [-0.3, -0.25) is 4.79 Å². The molecule has 0 aromatic heterocycles. The van der Waals surface area contributed by atoms with Gasteiger partial charge in [-0.15, -0.1) is 0 Å². The standard InChI is InChI=1S/C18H27FN2O2/c1-13(2)20(3)18(23)15-8-10-21(11-9-15)12-17(22)14-4-6-16(19)7-5-14/h4-7,13,15,17,22H,8-12H2,1-3H3. The number of likely N-dealkylation sites (tertiary alicyclic amines) is 1. The molecule has 1 aliphatic heterocycles. The molecule has 1 aliphatic rings. The molecule has 1 aromatic carbocycles. The summed E-state index contributed by atoms with van der Waals surface area (Å²) in [6.07, 6.45) is 1.03. The van der Waals surface area contributed by atoms with Crippen molar-refractivity contribution < 1.29 is 14.3 Å². The van der Waals surface area contributed by atoms with Gasteiger partial charge < -0.3 is 14.9 Å². The first-order valence-corrected chi connectivity index (χ1v) is 8.31. The highest BCUT2D eigenvalue weighted by Gasteiger charge is 2.28. The number of aliphatic hydroxyl groups is 1. The number of amides is 1. The second-order valence-electron chi connectivity index (χ2n) is 6.69. The number of rotatable bonds is 5. The summed E-state index contributed by atoms with van der Waals surface area (Å²) in [5.41, 5.74) is 0.726. The molecule has 1 heterocycles. The Morgan fingerprint density at radius 2 is 1.87 bits per heavy atom. The molecule has 1 atom stereocenters. The fraction of sp³-hybridized carbons (Fsp3) is 0.611. The molecule has 5 heteroatoms. The van der Waals surface area contributed by atoms with Gasteiger partial charge in [-0.2, -0.15) is 0 Å². The van der Waals surface area contributed by atoms with Crippen LogP contribution in [0.5, 0.6) is 0 Å². The van der Waals surface area contributed by atoms with E-state index in [0.29, 0.717) is 6.54 Å². The van der Waals surface area contributed by atoms with Crippen molar-refractivity contribution in [2.75, 3.05) is 26.7 Å². The summed E-state index contributed by atoms with van der Waals surface area (Å²) in [7, 11) is 1.86.